The van der Waals surface area contributed by atoms with E-state index in [4.69, 9.17) is 0 Å². The molecule has 0 aliphatic carbocycles. The fraction of sp³-hybridized carbons (Fsp3) is 0.385. The molecule has 2 heteroatoms. The number of halogens is 1. The Bertz CT molecular complexity index is 309. The van der Waals surface area contributed by atoms with Crippen molar-refractivity contribution in [2.45, 2.75) is 25.8 Å². The molecule has 0 aromatic heterocycles. The highest BCUT2D eigenvalue weighted by atomic mass is 19.1. The van der Waals surface area contributed by atoms with Gasteiger partial charge in [-0.15, -0.1) is 6.58 Å². The van der Waals surface area contributed by atoms with Crippen molar-refractivity contribution in [1.29, 1.82) is 0 Å². The Hall–Kier alpha value is -1.15. The van der Waals surface area contributed by atoms with Gasteiger partial charge in [-0.2, -0.15) is 0 Å². The van der Waals surface area contributed by atoms with E-state index in [2.05, 4.69) is 18.8 Å². The van der Waals surface area contributed by atoms with Crippen LogP contribution in [0.4, 0.5) is 4.39 Å². The molecule has 0 aliphatic rings. The summed E-state index contributed by atoms with van der Waals surface area (Å²) in [6, 6.07) is 7.04. The molecule has 0 saturated carbocycles. The lowest BCUT2D eigenvalue weighted by Crippen LogP contribution is -2.22. The second kappa shape index (κ2) is 6.36. The molecule has 0 radical (unpaired) electrons. The Morgan fingerprint density at radius 3 is 2.80 bits per heavy atom. The second-order valence-corrected chi connectivity index (χ2v) is 3.51. The van der Waals surface area contributed by atoms with Gasteiger partial charge in [0, 0.05) is 11.6 Å². The van der Waals surface area contributed by atoms with Crippen LogP contribution in [-0.4, -0.2) is 6.54 Å². The maximum Gasteiger partial charge on any atom is 0.127 e. The van der Waals surface area contributed by atoms with E-state index in [0.29, 0.717) is 0 Å². The van der Waals surface area contributed by atoms with E-state index in [1.807, 2.05) is 18.2 Å². The van der Waals surface area contributed by atoms with Crippen LogP contribution in [0.5, 0.6) is 0 Å². The molecule has 1 nitrogen and oxygen atoms in total. The molecule has 1 unspecified atom stereocenters. The highest BCUT2D eigenvalue weighted by Crippen LogP contribution is 2.19. The summed E-state index contributed by atoms with van der Waals surface area (Å²) < 4.78 is 13.5. The van der Waals surface area contributed by atoms with Crippen LogP contribution in [0.3, 0.4) is 0 Å². The molecule has 15 heavy (non-hydrogen) atoms. The van der Waals surface area contributed by atoms with Crippen molar-refractivity contribution in [3.05, 3.63) is 48.3 Å². The Balaban J connectivity index is 2.65. The van der Waals surface area contributed by atoms with Gasteiger partial charge in [-0.3, -0.25) is 0 Å². The molecule has 0 heterocycles. The fourth-order valence-electron chi connectivity index (χ4n) is 1.59. The molecule has 0 saturated heterocycles. The summed E-state index contributed by atoms with van der Waals surface area (Å²) in [7, 11) is 0. The predicted octanol–water partition coefficient (Wildman–Crippen LogP) is 3.44. The van der Waals surface area contributed by atoms with Crippen LogP contribution in [0.1, 0.15) is 31.4 Å². The van der Waals surface area contributed by atoms with Crippen molar-refractivity contribution in [3.63, 3.8) is 0 Å². The van der Waals surface area contributed by atoms with Gasteiger partial charge in [0.25, 0.3) is 0 Å². The summed E-state index contributed by atoms with van der Waals surface area (Å²) in [6.45, 7) is 6.56. The Morgan fingerprint density at radius 1 is 1.47 bits per heavy atom. The average molecular weight is 207 g/mol. The lowest BCUT2D eigenvalue weighted by atomic mass is 10.0. The van der Waals surface area contributed by atoms with Crippen LogP contribution in [0.2, 0.25) is 0 Å². The fourth-order valence-corrected chi connectivity index (χ4v) is 1.59. The van der Waals surface area contributed by atoms with E-state index in [0.717, 1.165) is 24.9 Å². The molecule has 1 rings (SSSR count). The molecule has 1 atom stereocenters. The van der Waals surface area contributed by atoms with Crippen LogP contribution < -0.4 is 5.32 Å². The van der Waals surface area contributed by atoms with Crippen molar-refractivity contribution in [2.75, 3.05) is 6.54 Å². The largest absolute Gasteiger partial charge is 0.310 e. The maximum atomic E-state index is 13.5. The molecular formula is C13H18FN. The third-order valence-electron chi connectivity index (χ3n) is 2.43. The summed E-state index contributed by atoms with van der Waals surface area (Å²) in [6.07, 6.45) is 3.66. The standard InChI is InChI=1S/C13H18FN/c1-3-5-10-15-13(4-2)11-8-6-7-9-12(11)14/h3,6-9,13,15H,1,4-5,10H2,2H3. The topological polar surface area (TPSA) is 12.0 Å². The minimum Gasteiger partial charge on any atom is -0.310 e. The first kappa shape index (κ1) is 11.9. The molecular weight excluding hydrogens is 189 g/mol. The predicted molar refractivity (Wildman–Crippen MR) is 62.2 cm³/mol. The minimum atomic E-state index is -0.129. The quantitative estimate of drug-likeness (QED) is 0.556. The van der Waals surface area contributed by atoms with Gasteiger partial charge in [-0.25, -0.2) is 4.39 Å². The van der Waals surface area contributed by atoms with Crippen molar-refractivity contribution in [2.24, 2.45) is 0 Å². The lowest BCUT2D eigenvalue weighted by molar-refractivity contribution is 0.493. The van der Waals surface area contributed by atoms with Crippen LogP contribution in [-0.2, 0) is 0 Å². The van der Waals surface area contributed by atoms with Gasteiger partial charge in [-0.1, -0.05) is 31.2 Å². The first-order chi connectivity index (χ1) is 7.29. The summed E-state index contributed by atoms with van der Waals surface area (Å²) in [5.74, 6) is -0.129. The smallest absolute Gasteiger partial charge is 0.127 e. The Labute approximate surface area is 91.0 Å². The van der Waals surface area contributed by atoms with Crippen molar-refractivity contribution in [3.8, 4) is 0 Å². The summed E-state index contributed by atoms with van der Waals surface area (Å²) in [4.78, 5) is 0. The Morgan fingerprint density at radius 2 is 2.20 bits per heavy atom. The molecule has 0 spiro atoms. The SMILES string of the molecule is C=CCCNC(CC)c1ccccc1F. The molecule has 82 valence electrons. The first-order valence-corrected chi connectivity index (χ1v) is 5.38. The number of nitrogens with one attached hydrogen (secondary N) is 1. The lowest BCUT2D eigenvalue weighted by Gasteiger charge is -2.17. The average Bonchev–Trinajstić information content (AvgIpc) is 2.26. The van der Waals surface area contributed by atoms with Crippen molar-refractivity contribution < 1.29 is 4.39 Å². The van der Waals surface area contributed by atoms with Crippen molar-refractivity contribution in [1.82, 2.24) is 5.32 Å². The van der Waals surface area contributed by atoms with Crippen LogP contribution in [0.25, 0.3) is 0 Å². The molecule has 1 N–H and O–H groups in total. The summed E-state index contributed by atoms with van der Waals surface area (Å²) in [5.41, 5.74) is 0.754. The van der Waals surface area contributed by atoms with Crippen LogP contribution in [0, 0.1) is 5.82 Å². The van der Waals surface area contributed by atoms with E-state index in [-0.39, 0.29) is 11.9 Å². The van der Waals surface area contributed by atoms with Gasteiger partial charge >= 0.3 is 0 Å². The highest BCUT2D eigenvalue weighted by molar-refractivity contribution is 5.21. The van der Waals surface area contributed by atoms with Crippen LogP contribution >= 0.6 is 0 Å². The first-order valence-electron chi connectivity index (χ1n) is 5.38. The van der Waals surface area contributed by atoms with Gasteiger partial charge < -0.3 is 5.32 Å². The van der Waals surface area contributed by atoms with E-state index in [9.17, 15) is 4.39 Å². The zero-order valence-electron chi connectivity index (χ0n) is 9.17. The molecule has 1 aromatic carbocycles. The normalized spacial score (nSPS) is 12.4. The second-order valence-electron chi connectivity index (χ2n) is 3.51. The maximum absolute atomic E-state index is 13.5. The number of hydrogen-bond donors (Lipinski definition) is 1. The highest BCUT2D eigenvalue weighted by Gasteiger charge is 2.11. The van der Waals surface area contributed by atoms with Gasteiger partial charge in [0.05, 0.1) is 0 Å². The van der Waals surface area contributed by atoms with Crippen LogP contribution in [0.15, 0.2) is 36.9 Å². The molecule has 0 aliphatic heterocycles. The van der Waals surface area contributed by atoms with E-state index in [1.165, 1.54) is 6.07 Å². The third-order valence-corrected chi connectivity index (χ3v) is 2.43. The molecule has 1 aromatic rings. The van der Waals surface area contributed by atoms with E-state index < -0.39 is 0 Å². The number of benzene rings is 1. The molecule has 0 fully saturated rings. The van der Waals surface area contributed by atoms with Gasteiger partial charge in [0.1, 0.15) is 5.82 Å². The Kier molecular flexibility index (Phi) is 5.05. The molecule has 0 amide bonds. The number of rotatable bonds is 6. The van der Waals surface area contributed by atoms with Gasteiger partial charge in [0.2, 0.25) is 0 Å². The van der Waals surface area contributed by atoms with Crippen molar-refractivity contribution >= 4 is 0 Å². The zero-order valence-corrected chi connectivity index (χ0v) is 9.17. The van der Waals surface area contributed by atoms with E-state index in [1.54, 1.807) is 6.07 Å². The van der Waals surface area contributed by atoms with Gasteiger partial charge in [0.15, 0.2) is 0 Å². The monoisotopic (exact) mass is 207 g/mol. The minimum absolute atomic E-state index is 0.103. The third kappa shape index (κ3) is 3.48. The summed E-state index contributed by atoms with van der Waals surface area (Å²) in [5, 5.41) is 3.32. The molecule has 0 bridgehead atoms. The zero-order chi connectivity index (χ0) is 11.1. The van der Waals surface area contributed by atoms with Gasteiger partial charge in [-0.05, 0) is 25.5 Å². The number of hydrogen-bond acceptors (Lipinski definition) is 1. The van der Waals surface area contributed by atoms with E-state index >= 15 is 0 Å². The summed E-state index contributed by atoms with van der Waals surface area (Å²) >= 11 is 0.